The predicted octanol–water partition coefficient (Wildman–Crippen LogP) is 2.32. The molecule has 0 aromatic heterocycles. The lowest BCUT2D eigenvalue weighted by Gasteiger charge is -2.12. The summed E-state index contributed by atoms with van der Waals surface area (Å²) in [5.41, 5.74) is 0.0437. The number of halogens is 1. The summed E-state index contributed by atoms with van der Waals surface area (Å²) < 4.78 is 27.2. The second-order valence-corrected chi connectivity index (χ2v) is 8.44. The van der Waals surface area contributed by atoms with E-state index in [1.54, 1.807) is 11.8 Å². The minimum absolute atomic E-state index is 0.0437. The van der Waals surface area contributed by atoms with Gasteiger partial charge < -0.3 is 5.11 Å². The molecule has 1 aromatic rings. The van der Waals surface area contributed by atoms with Crippen LogP contribution in [0.15, 0.2) is 27.6 Å². The van der Waals surface area contributed by atoms with E-state index >= 15 is 0 Å². The SMILES string of the molecule is O=C(O)c1ccc(S(=O)(=O)NCC2CCCS2)c(Br)c1. The molecule has 1 saturated heterocycles. The average Bonchev–Trinajstić information content (AvgIpc) is 2.89. The zero-order valence-corrected chi connectivity index (χ0v) is 13.7. The van der Waals surface area contributed by atoms with E-state index in [0.29, 0.717) is 11.8 Å². The third-order valence-corrected chi connectivity index (χ3v) is 6.79. The van der Waals surface area contributed by atoms with Gasteiger partial charge in [-0.25, -0.2) is 17.9 Å². The van der Waals surface area contributed by atoms with Gasteiger partial charge in [0.25, 0.3) is 0 Å². The second kappa shape index (κ2) is 6.46. The fourth-order valence-corrected chi connectivity index (χ4v) is 5.40. The van der Waals surface area contributed by atoms with Gasteiger partial charge in [-0.3, -0.25) is 0 Å². The first-order chi connectivity index (χ1) is 9.40. The largest absolute Gasteiger partial charge is 0.478 e. The molecule has 1 aliphatic heterocycles. The molecule has 0 amide bonds. The number of sulfonamides is 1. The van der Waals surface area contributed by atoms with Crippen molar-refractivity contribution >= 4 is 43.7 Å². The summed E-state index contributed by atoms with van der Waals surface area (Å²) in [4.78, 5) is 10.9. The summed E-state index contributed by atoms with van der Waals surface area (Å²) >= 11 is 4.89. The fraction of sp³-hybridized carbons (Fsp3) is 0.417. The van der Waals surface area contributed by atoms with Gasteiger partial charge >= 0.3 is 5.97 Å². The maximum atomic E-state index is 12.2. The smallest absolute Gasteiger partial charge is 0.335 e. The van der Waals surface area contributed by atoms with Crippen LogP contribution in [0.25, 0.3) is 0 Å². The third-order valence-electron chi connectivity index (χ3n) is 2.99. The minimum atomic E-state index is -3.62. The highest BCUT2D eigenvalue weighted by molar-refractivity contribution is 9.10. The molecule has 0 saturated carbocycles. The number of rotatable bonds is 5. The van der Waals surface area contributed by atoms with E-state index in [4.69, 9.17) is 5.11 Å². The monoisotopic (exact) mass is 379 g/mol. The van der Waals surface area contributed by atoms with Crippen molar-refractivity contribution in [3.8, 4) is 0 Å². The van der Waals surface area contributed by atoms with Crippen molar-refractivity contribution in [3.63, 3.8) is 0 Å². The number of thioether (sulfide) groups is 1. The van der Waals surface area contributed by atoms with E-state index in [-0.39, 0.29) is 14.9 Å². The van der Waals surface area contributed by atoms with Crippen molar-refractivity contribution < 1.29 is 18.3 Å². The van der Waals surface area contributed by atoms with Crippen molar-refractivity contribution in [3.05, 3.63) is 28.2 Å². The van der Waals surface area contributed by atoms with E-state index in [9.17, 15) is 13.2 Å². The van der Waals surface area contributed by atoms with Crippen molar-refractivity contribution in [2.45, 2.75) is 23.0 Å². The van der Waals surface area contributed by atoms with Gasteiger partial charge in [0.2, 0.25) is 10.0 Å². The van der Waals surface area contributed by atoms with Crippen molar-refractivity contribution in [1.82, 2.24) is 4.72 Å². The molecule has 2 rings (SSSR count). The Labute approximate surface area is 130 Å². The molecule has 20 heavy (non-hydrogen) atoms. The summed E-state index contributed by atoms with van der Waals surface area (Å²) in [6.07, 6.45) is 2.14. The first-order valence-electron chi connectivity index (χ1n) is 6.04. The zero-order chi connectivity index (χ0) is 14.8. The topological polar surface area (TPSA) is 83.5 Å². The van der Waals surface area contributed by atoms with Gasteiger partial charge in [0.1, 0.15) is 0 Å². The Hall–Kier alpha value is -0.570. The van der Waals surface area contributed by atoms with Gasteiger partial charge in [0.05, 0.1) is 10.5 Å². The van der Waals surface area contributed by atoms with E-state index < -0.39 is 16.0 Å². The molecule has 8 heteroatoms. The lowest BCUT2D eigenvalue weighted by atomic mass is 10.2. The molecular formula is C12H14BrNO4S2. The lowest BCUT2D eigenvalue weighted by molar-refractivity contribution is 0.0696. The summed E-state index contributed by atoms with van der Waals surface area (Å²) in [6, 6.07) is 3.88. The predicted molar refractivity (Wildman–Crippen MR) is 81.8 cm³/mol. The molecule has 1 heterocycles. The Morgan fingerprint density at radius 1 is 1.50 bits per heavy atom. The van der Waals surface area contributed by atoms with Crippen LogP contribution in [-0.4, -0.2) is 37.0 Å². The van der Waals surface area contributed by atoms with Crippen molar-refractivity contribution in [2.75, 3.05) is 12.3 Å². The first kappa shape index (κ1) is 15.8. The molecule has 0 radical (unpaired) electrons. The number of carboxylic acid groups (broad SMARTS) is 1. The number of benzene rings is 1. The Bertz CT molecular complexity index is 612. The van der Waals surface area contributed by atoms with Gasteiger partial charge in [-0.2, -0.15) is 11.8 Å². The maximum absolute atomic E-state index is 12.2. The first-order valence-corrected chi connectivity index (χ1v) is 9.37. The van der Waals surface area contributed by atoms with Gasteiger partial charge in [-0.1, -0.05) is 0 Å². The Morgan fingerprint density at radius 2 is 2.25 bits per heavy atom. The van der Waals surface area contributed by atoms with E-state index in [2.05, 4.69) is 20.7 Å². The van der Waals surface area contributed by atoms with Crippen LogP contribution in [0.1, 0.15) is 23.2 Å². The molecule has 110 valence electrons. The molecule has 0 spiro atoms. The van der Waals surface area contributed by atoms with Crippen LogP contribution in [0.5, 0.6) is 0 Å². The zero-order valence-electron chi connectivity index (χ0n) is 10.5. The van der Waals surface area contributed by atoms with E-state index in [1.807, 2.05) is 0 Å². The van der Waals surface area contributed by atoms with Crippen LogP contribution in [0.4, 0.5) is 0 Å². The van der Waals surface area contributed by atoms with E-state index in [0.717, 1.165) is 18.6 Å². The highest BCUT2D eigenvalue weighted by Gasteiger charge is 2.22. The minimum Gasteiger partial charge on any atom is -0.478 e. The molecule has 1 aromatic carbocycles. The van der Waals surface area contributed by atoms with Crippen LogP contribution in [-0.2, 0) is 10.0 Å². The average molecular weight is 380 g/mol. The Morgan fingerprint density at radius 3 is 2.80 bits per heavy atom. The quantitative estimate of drug-likeness (QED) is 0.819. The molecule has 1 aliphatic rings. The third kappa shape index (κ3) is 3.75. The number of carbonyl (C=O) groups is 1. The van der Waals surface area contributed by atoms with Gasteiger partial charge in [0.15, 0.2) is 0 Å². The maximum Gasteiger partial charge on any atom is 0.335 e. The number of aromatic carboxylic acids is 1. The normalized spacial score (nSPS) is 19.1. The molecule has 0 aliphatic carbocycles. The summed E-state index contributed by atoms with van der Waals surface area (Å²) in [7, 11) is -3.62. The highest BCUT2D eigenvalue weighted by atomic mass is 79.9. The molecular weight excluding hydrogens is 366 g/mol. The molecule has 5 nitrogen and oxygen atoms in total. The Balaban J connectivity index is 2.14. The Kier molecular flexibility index (Phi) is 5.11. The molecule has 1 unspecified atom stereocenters. The summed E-state index contributed by atoms with van der Waals surface area (Å²) in [6.45, 7) is 0.403. The number of hydrogen-bond donors (Lipinski definition) is 2. The van der Waals surface area contributed by atoms with Gasteiger partial charge in [-0.05, 0) is 52.7 Å². The van der Waals surface area contributed by atoms with Crippen LogP contribution in [0, 0.1) is 0 Å². The number of nitrogens with one attached hydrogen (secondary N) is 1. The van der Waals surface area contributed by atoms with Gasteiger partial charge in [0, 0.05) is 16.3 Å². The lowest BCUT2D eigenvalue weighted by Crippen LogP contribution is -2.30. The standard InChI is InChI=1S/C12H14BrNO4S2/c13-10-6-8(12(15)16)3-4-11(10)20(17,18)14-7-9-2-1-5-19-9/h3-4,6,9,14H,1-2,5,7H2,(H,15,16). The van der Waals surface area contributed by atoms with Gasteiger partial charge in [-0.15, -0.1) is 0 Å². The number of carboxylic acids is 1. The number of hydrogen-bond acceptors (Lipinski definition) is 4. The second-order valence-electron chi connectivity index (χ2n) is 4.44. The molecule has 0 bridgehead atoms. The van der Waals surface area contributed by atoms with E-state index in [1.165, 1.54) is 18.2 Å². The highest BCUT2D eigenvalue weighted by Crippen LogP contribution is 2.27. The fourth-order valence-electron chi connectivity index (χ4n) is 1.94. The molecule has 2 N–H and O–H groups in total. The van der Waals surface area contributed by atoms with Crippen LogP contribution in [0.2, 0.25) is 0 Å². The summed E-state index contributed by atoms with van der Waals surface area (Å²) in [5.74, 6) is -0.0198. The van der Waals surface area contributed by atoms with Crippen LogP contribution < -0.4 is 4.72 Å². The van der Waals surface area contributed by atoms with Crippen LogP contribution in [0.3, 0.4) is 0 Å². The molecule has 1 atom stereocenters. The van der Waals surface area contributed by atoms with Crippen LogP contribution >= 0.6 is 27.7 Å². The molecule has 1 fully saturated rings. The van der Waals surface area contributed by atoms with Crippen molar-refractivity contribution in [2.24, 2.45) is 0 Å². The summed E-state index contributed by atoms with van der Waals surface area (Å²) in [5, 5.41) is 9.18. The van der Waals surface area contributed by atoms with Crippen molar-refractivity contribution in [1.29, 1.82) is 0 Å².